The predicted molar refractivity (Wildman–Crippen MR) is 87.3 cm³/mol. The molecule has 0 atom stereocenters. The molecule has 2 N–H and O–H groups in total. The number of ketones is 1. The fourth-order valence-electron chi connectivity index (χ4n) is 3.07. The number of aromatic amines is 1. The van der Waals surface area contributed by atoms with Crippen LogP contribution in [-0.4, -0.2) is 71.5 Å². The van der Waals surface area contributed by atoms with E-state index in [4.69, 9.17) is 5.11 Å². The second-order valence-corrected chi connectivity index (χ2v) is 6.02. The van der Waals surface area contributed by atoms with E-state index in [0.717, 1.165) is 49.2 Å². The predicted octanol–water partition coefficient (Wildman–Crippen LogP) is 1.27. The van der Waals surface area contributed by atoms with Gasteiger partial charge in [0.15, 0.2) is 5.78 Å². The molecule has 0 saturated carbocycles. The molecule has 0 unspecified atom stereocenters. The first-order valence-electron chi connectivity index (χ1n) is 7.84. The number of benzene rings is 1. The summed E-state index contributed by atoms with van der Waals surface area (Å²) in [6.45, 7) is 7.04. The molecule has 1 aliphatic rings. The Morgan fingerprint density at radius 1 is 1.23 bits per heavy atom. The van der Waals surface area contributed by atoms with Crippen LogP contribution in [-0.2, 0) is 0 Å². The lowest BCUT2D eigenvalue weighted by Gasteiger charge is -2.33. The number of aryl methyl sites for hydroxylation is 1. The number of aliphatic hydroxyl groups excluding tert-OH is 1. The first-order valence-corrected chi connectivity index (χ1v) is 7.84. The number of carbonyl (C=O) groups excluding carboxylic acids is 1. The fourth-order valence-corrected chi connectivity index (χ4v) is 3.07. The van der Waals surface area contributed by atoms with Gasteiger partial charge in [0.1, 0.15) is 0 Å². The minimum absolute atomic E-state index is 0.174. The van der Waals surface area contributed by atoms with Gasteiger partial charge in [-0.15, -0.1) is 0 Å². The zero-order valence-corrected chi connectivity index (χ0v) is 13.0. The number of hydrogen-bond donors (Lipinski definition) is 2. The van der Waals surface area contributed by atoms with Gasteiger partial charge in [0.25, 0.3) is 0 Å². The number of carbonyl (C=O) groups is 1. The summed E-state index contributed by atoms with van der Waals surface area (Å²) < 4.78 is 0. The van der Waals surface area contributed by atoms with Crippen LogP contribution in [0.15, 0.2) is 24.4 Å². The zero-order chi connectivity index (χ0) is 15.5. The number of H-pyrrole nitrogens is 1. The van der Waals surface area contributed by atoms with Crippen LogP contribution in [0.1, 0.15) is 15.9 Å². The summed E-state index contributed by atoms with van der Waals surface area (Å²) in [7, 11) is 0. The molecule has 118 valence electrons. The Morgan fingerprint density at radius 3 is 2.68 bits per heavy atom. The summed E-state index contributed by atoms with van der Waals surface area (Å²) in [6.07, 6.45) is 1.83. The number of β-amino-alcohol motifs (C(OH)–C–C–N with tert-alkyl or cyclic N) is 1. The lowest BCUT2D eigenvalue weighted by atomic mass is 10.1. The quantitative estimate of drug-likeness (QED) is 0.817. The van der Waals surface area contributed by atoms with Crippen LogP contribution in [0.4, 0.5) is 0 Å². The molecule has 0 aliphatic carbocycles. The van der Waals surface area contributed by atoms with Crippen molar-refractivity contribution in [1.29, 1.82) is 0 Å². The number of fused-ring (bicyclic) bond motifs is 1. The second-order valence-electron chi connectivity index (χ2n) is 6.02. The summed E-state index contributed by atoms with van der Waals surface area (Å²) in [5, 5.41) is 9.98. The Hall–Kier alpha value is -1.69. The SMILES string of the molecule is Cc1ccc2[nH]cc(C(=O)CN3CCN(CCO)CC3)c2c1. The lowest BCUT2D eigenvalue weighted by molar-refractivity contribution is 0.0824. The number of aromatic nitrogens is 1. The molecule has 5 heteroatoms. The maximum atomic E-state index is 12.6. The number of piperazine rings is 1. The smallest absolute Gasteiger partial charge is 0.178 e. The molecular weight excluding hydrogens is 278 g/mol. The molecule has 5 nitrogen and oxygen atoms in total. The van der Waals surface area contributed by atoms with E-state index in [-0.39, 0.29) is 12.4 Å². The van der Waals surface area contributed by atoms with Gasteiger partial charge in [0.2, 0.25) is 0 Å². The highest BCUT2D eigenvalue weighted by atomic mass is 16.3. The normalized spacial score (nSPS) is 17.2. The van der Waals surface area contributed by atoms with Crippen molar-refractivity contribution >= 4 is 16.7 Å². The van der Waals surface area contributed by atoms with Crippen molar-refractivity contribution in [2.75, 3.05) is 45.9 Å². The average molecular weight is 301 g/mol. The van der Waals surface area contributed by atoms with E-state index in [1.54, 1.807) is 0 Å². The van der Waals surface area contributed by atoms with Gasteiger partial charge in [-0.3, -0.25) is 14.6 Å². The maximum absolute atomic E-state index is 12.6. The van der Waals surface area contributed by atoms with Crippen molar-refractivity contribution in [1.82, 2.24) is 14.8 Å². The highest BCUT2D eigenvalue weighted by Gasteiger charge is 2.20. The number of Topliss-reactive ketones (excluding diaryl/α,β-unsaturated/α-hetero) is 1. The van der Waals surface area contributed by atoms with Crippen LogP contribution in [0.2, 0.25) is 0 Å². The van der Waals surface area contributed by atoms with Crippen molar-refractivity contribution < 1.29 is 9.90 Å². The monoisotopic (exact) mass is 301 g/mol. The summed E-state index contributed by atoms with van der Waals surface area (Å²) in [5.74, 6) is 0.174. The average Bonchev–Trinajstić information content (AvgIpc) is 2.92. The molecule has 0 amide bonds. The minimum atomic E-state index is 0.174. The van der Waals surface area contributed by atoms with E-state index in [0.29, 0.717) is 6.54 Å². The van der Waals surface area contributed by atoms with Gasteiger partial charge >= 0.3 is 0 Å². The Balaban J connectivity index is 1.65. The highest BCUT2D eigenvalue weighted by molar-refractivity contribution is 6.08. The topological polar surface area (TPSA) is 59.6 Å². The van der Waals surface area contributed by atoms with Gasteiger partial charge in [-0.2, -0.15) is 0 Å². The lowest BCUT2D eigenvalue weighted by Crippen LogP contribution is -2.48. The number of rotatable bonds is 5. The summed E-state index contributed by atoms with van der Waals surface area (Å²) in [6, 6.07) is 6.14. The molecule has 2 aromatic rings. The molecule has 1 fully saturated rings. The third-order valence-electron chi connectivity index (χ3n) is 4.39. The van der Waals surface area contributed by atoms with Gasteiger partial charge in [-0.05, 0) is 19.1 Å². The summed E-state index contributed by atoms with van der Waals surface area (Å²) >= 11 is 0. The zero-order valence-electron chi connectivity index (χ0n) is 13.0. The van der Waals surface area contributed by atoms with Crippen LogP contribution in [0.25, 0.3) is 10.9 Å². The molecule has 22 heavy (non-hydrogen) atoms. The van der Waals surface area contributed by atoms with Gasteiger partial charge in [-0.1, -0.05) is 11.6 Å². The minimum Gasteiger partial charge on any atom is -0.395 e. The van der Waals surface area contributed by atoms with Crippen LogP contribution < -0.4 is 0 Å². The van der Waals surface area contributed by atoms with Gasteiger partial charge in [-0.25, -0.2) is 0 Å². The van der Waals surface area contributed by atoms with Crippen molar-refractivity contribution in [3.05, 3.63) is 35.5 Å². The number of nitrogens with zero attached hydrogens (tertiary/aromatic N) is 2. The second kappa shape index (κ2) is 6.60. The third-order valence-corrected chi connectivity index (χ3v) is 4.39. The molecular formula is C17H23N3O2. The van der Waals surface area contributed by atoms with Crippen molar-refractivity contribution in [3.8, 4) is 0 Å². The van der Waals surface area contributed by atoms with E-state index in [1.165, 1.54) is 5.56 Å². The number of aliphatic hydroxyl groups is 1. The molecule has 0 radical (unpaired) electrons. The van der Waals surface area contributed by atoms with Crippen LogP contribution >= 0.6 is 0 Å². The highest BCUT2D eigenvalue weighted by Crippen LogP contribution is 2.20. The first kappa shape index (κ1) is 15.2. The summed E-state index contributed by atoms with van der Waals surface area (Å²) in [5.41, 5.74) is 2.97. The first-order chi connectivity index (χ1) is 10.7. The van der Waals surface area contributed by atoms with E-state index in [9.17, 15) is 4.79 Å². The van der Waals surface area contributed by atoms with E-state index >= 15 is 0 Å². The molecule has 3 rings (SSSR count). The van der Waals surface area contributed by atoms with Crippen molar-refractivity contribution in [2.24, 2.45) is 0 Å². The largest absolute Gasteiger partial charge is 0.395 e. The number of hydrogen-bond acceptors (Lipinski definition) is 4. The molecule has 1 aromatic heterocycles. The maximum Gasteiger partial charge on any atom is 0.178 e. The standard InChI is InChI=1S/C17H23N3O2/c1-13-2-3-16-14(10-13)15(11-18-16)17(22)12-20-6-4-19(5-7-20)8-9-21/h2-3,10-11,18,21H,4-9,12H2,1H3. The van der Waals surface area contributed by atoms with E-state index < -0.39 is 0 Å². The molecule has 0 spiro atoms. The number of nitrogens with one attached hydrogen (secondary N) is 1. The molecule has 1 saturated heterocycles. The van der Waals surface area contributed by atoms with Gasteiger partial charge in [0, 0.05) is 55.4 Å². The Labute approximate surface area is 130 Å². The molecule has 0 bridgehead atoms. The van der Waals surface area contributed by atoms with Crippen LogP contribution in [0.3, 0.4) is 0 Å². The van der Waals surface area contributed by atoms with Gasteiger partial charge < -0.3 is 10.1 Å². The molecule has 1 aliphatic heterocycles. The van der Waals surface area contributed by atoms with Crippen LogP contribution in [0, 0.1) is 6.92 Å². The molecule has 1 aromatic carbocycles. The van der Waals surface area contributed by atoms with E-state index in [2.05, 4.69) is 20.9 Å². The Kier molecular flexibility index (Phi) is 4.57. The van der Waals surface area contributed by atoms with Crippen molar-refractivity contribution in [3.63, 3.8) is 0 Å². The van der Waals surface area contributed by atoms with Gasteiger partial charge in [0.05, 0.1) is 13.2 Å². The fraction of sp³-hybridized carbons (Fsp3) is 0.471. The van der Waals surface area contributed by atoms with Crippen LogP contribution in [0.5, 0.6) is 0 Å². The van der Waals surface area contributed by atoms with Crippen molar-refractivity contribution in [2.45, 2.75) is 6.92 Å². The molecule has 2 heterocycles. The Bertz CT molecular complexity index is 657. The summed E-state index contributed by atoms with van der Waals surface area (Å²) in [4.78, 5) is 20.2. The third kappa shape index (κ3) is 3.21. The van der Waals surface area contributed by atoms with E-state index in [1.807, 2.05) is 25.3 Å². The Morgan fingerprint density at radius 2 is 1.95 bits per heavy atom.